The van der Waals surface area contributed by atoms with Crippen LogP contribution in [0.15, 0.2) is 21.9 Å². The molecule has 1 aliphatic carbocycles. The Morgan fingerprint density at radius 2 is 2.18 bits per heavy atom. The molecular weight excluding hydrogens is 312 g/mol. The van der Waals surface area contributed by atoms with Crippen molar-refractivity contribution >= 4 is 29.0 Å². The molecule has 5 heteroatoms. The SMILES string of the molecule is Cc1csc(SCC2CCN(C(=O)[C@H]3CC=CCC3)CC2)n1. The fraction of sp³-hybridized carbons (Fsp3) is 0.647. The molecule has 120 valence electrons. The average Bonchev–Trinajstić information content (AvgIpc) is 2.99. The molecule has 22 heavy (non-hydrogen) atoms. The minimum atomic E-state index is 0.245. The molecule has 0 unspecified atom stereocenters. The number of nitrogens with zero attached hydrogens (tertiary/aromatic N) is 2. The minimum absolute atomic E-state index is 0.245. The number of carbonyl (C=O) groups is 1. The zero-order chi connectivity index (χ0) is 15.4. The third-order valence-corrected chi connectivity index (χ3v) is 6.96. The highest BCUT2D eigenvalue weighted by molar-refractivity contribution is 8.01. The number of amides is 1. The van der Waals surface area contributed by atoms with E-state index in [9.17, 15) is 4.79 Å². The van der Waals surface area contributed by atoms with Crippen LogP contribution in [0, 0.1) is 18.8 Å². The molecule has 1 atom stereocenters. The lowest BCUT2D eigenvalue weighted by atomic mass is 9.91. The van der Waals surface area contributed by atoms with Gasteiger partial charge in [-0.25, -0.2) is 4.98 Å². The van der Waals surface area contributed by atoms with Crippen molar-refractivity contribution in [2.45, 2.75) is 43.4 Å². The first-order valence-corrected chi connectivity index (χ1v) is 10.1. The first-order chi connectivity index (χ1) is 10.7. The zero-order valence-corrected chi connectivity index (χ0v) is 14.8. The van der Waals surface area contributed by atoms with E-state index in [0.29, 0.717) is 5.91 Å². The summed E-state index contributed by atoms with van der Waals surface area (Å²) in [5, 5.41) is 2.11. The van der Waals surface area contributed by atoms with E-state index in [1.807, 2.05) is 18.7 Å². The van der Waals surface area contributed by atoms with Crippen LogP contribution in [0.4, 0.5) is 0 Å². The lowest BCUT2D eigenvalue weighted by Crippen LogP contribution is -2.42. The molecule has 1 saturated heterocycles. The molecule has 3 rings (SSSR count). The van der Waals surface area contributed by atoms with Gasteiger partial charge in [0, 0.05) is 35.8 Å². The number of rotatable bonds is 4. The Bertz CT molecular complexity index is 533. The molecular formula is C17H24N2OS2. The van der Waals surface area contributed by atoms with Crippen LogP contribution in [-0.4, -0.2) is 34.6 Å². The van der Waals surface area contributed by atoms with Gasteiger partial charge in [-0.1, -0.05) is 23.9 Å². The van der Waals surface area contributed by atoms with Crippen molar-refractivity contribution < 1.29 is 4.79 Å². The van der Waals surface area contributed by atoms with Crippen molar-refractivity contribution in [3.05, 3.63) is 23.2 Å². The van der Waals surface area contributed by atoms with Crippen molar-refractivity contribution in [3.8, 4) is 0 Å². The topological polar surface area (TPSA) is 33.2 Å². The molecule has 0 N–H and O–H groups in total. The molecule has 0 aromatic carbocycles. The maximum atomic E-state index is 12.5. The van der Waals surface area contributed by atoms with Gasteiger partial charge in [-0.2, -0.15) is 0 Å². The van der Waals surface area contributed by atoms with E-state index in [2.05, 4.69) is 27.4 Å². The Kier molecular flexibility index (Phi) is 5.58. The number of hydrogen-bond donors (Lipinski definition) is 0. The third kappa shape index (κ3) is 4.13. The van der Waals surface area contributed by atoms with Crippen LogP contribution >= 0.6 is 23.1 Å². The van der Waals surface area contributed by atoms with E-state index in [-0.39, 0.29) is 5.92 Å². The Morgan fingerprint density at radius 1 is 1.36 bits per heavy atom. The second-order valence-corrected chi connectivity index (χ2v) is 8.44. The van der Waals surface area contributed by atoms with Gasteiger partial charge in [0.15, 0.2) is 0 Å². The van der Waals surface area contributed by atoms with Gasteiger partial charge in [-0.05, 0) is 44.9 Å². The molecule has 2 heterocycles. The maximum Gasteiger partial charge on any atom is 0.226 e. The summed E-state index contributed by atoms with van der Waals surface area (Å²) in [6, 6.07) is 0. The Morgan fingerprint density at radius 3 is 2.82 bits per heavy atom. The van der Waals surface area contributed by atoms with Crippen LogP contribution in [0.25, 0.3) is 0 Å². The summed E-state index contributed by atoms with van der Waals surface area (Å²) in [6.45, 7) is 3.94. The number of thiazole rings is 1. The summed E-state index contributed by atoms with van der Waals surface area (Å²) in [5.41, 5.74) is 1.12. The molecule has 1 aromatic heterocycles. The number of aromatic nitrogens is 1. The van der Waals surface area contributed by atoms with Gasteiger partial charge < -0.3 is 4.90 Å². The third-order valence-electron chi connectivity index (χ3n) is 4.58. The summed E-state index contributed by atoms with van der Waals surface area (Å²) in [4.78, 5) is 19.1. The predicted octanol–water partition coefficient (Wildman–Crippen LogP) is 4.14. The van der Waals surface area contributed by atoms with Crippen LogP contribution in [0.1, 0.15) is 37.8 Å². The number of carbonyl (C=O) groups excluding carboxylic acids is 1. The van der Waals surface area contributed by atoms with Gasteiger partial charge in [-0.3, -0.25) is 4.79 Å². The van der Waals surface area contributed by atoms with Crippen LogP contribution in [0.3, 0.4) is 0 Å². The molecule has 1 amide bonds. The van der Waals surface area contributed by atoms with Crippen molar-refractivity contribution in [2.24, 2.45) is 11.8 Å². The molecule has 0 bridgehead atoms. The average molecular weight is 337 g/mol. The second-order valence-electron chi connectivity index (χ2n) is 6.32. The molecule has 0 spiro atoms. The number of hydrogen-bond acceptors (Lipinski definition) is 4. The molecule has 1 aromatic rings. The summed E-state index contributed by atoms with van der Waals surface area (Å²) < 4.78 is 1.19. The Labute approximate surface area is 141 Å². The number of piperidine rings is 1. The molecule has 3 nitrogen and oxygen atoms in total. The van der Waals surface area contributed by atoms with E-state index >= 15 is 0 Å². The van der Waals surface area contributed by atoms with E-state index in [4.69, 9.17) is 0 Å². The number of allylic oxidation sites excluding steroid dienone is 2. The van der Waals surface area contributed by atoms with Gasteiger partial charge in [0.05, 0.1) is 0 Å². The van der Waals surface area contributed by atoms with Gasteiger partial charge in [0.25, 0.3) is 0 Å². The van der Waals surface area contributed by atoms with Crippen molar-refractivity contribution in [3.63, 3.8) is 0 Å². The minimum Gasteiger partial charge on any atom is -0.342 e. The van der Waals surface area contributed by atoms with Crippen molar-refractivity contribution in [1.82, 2.24) is 9.88 Å². The highest BCUT2D eigenvalue weighted by Crippen LogP contribution is 2.30. The summed E-state index contributed by atoms with van der Waals surface area (Å²) in [6.07, 6.45) is 9.71. The standard InChI is InChI=1S/C17H24N2OS2/c1-13-11-21-17(18-13)22-12-14-7-9-19(10-8-14)16(20)15-5-3-2-4-6-15/h2-3,11,14-15H,4-10,12H2,1H3/t15-/m0/s1. The maximum absolute atomic E-state index is 12.5. The van der Waals surface area contributed by atoms with E-state index in [1.165, 1.54) is 4.34 Å². The van der Waals surface area contributed by atoms with Crippen molar-refractivity contribution in [2.75, 3.05) is 18.8 Å². The summed E-state index contributed by atoms with van der Waals surface area (Å²) in [7, 11) is 0. The number of aryl methyl sites for hydroxylation is 1. The number of likely N-dealkylation sites (tertiary alicyclic amines) is 1. The largest absolute Gasteiger partial charge is 0.342 e. The van der Waals surface area contributed by atoms with Gasteiger partial charge in [0.2, 0.25) is 5.91 Å². The molecule has 1 aliphatic heterocycles. The quantitative estimate of drug-likeness (QED) is 0.612. The second kappa shape index (κ2) is 7.64. The fourth-order valence-corrected chi connectivity index (χ4v) is 5.25. The first kappa shape index (κ1) is 16.1. The highest BCUT2D eigenvalue weighted by atomic mass is 32.2. The van der Waals surface area contributed by atoms with Gasteiger partial charge >= 0.3 is 0 Å². The zero-order valence-electron chi connectivity index (χ0n) is 13.2. The van der Waals surface area contributed by atoms with Crippen molar-refractivity contribution in [1.29, 1.82) is 0 Å². The normalized spacial score (nSPS) is 23.0. The van der Waals surface area contributed by atoms with Crippen LogP contribution in [0.5, 0.6) is 0 Å². The van der Waals surface area contributed by atoms with Gasteiger partial charge in [-0.15, -0.1) is 11.3 Å². The summed E-state index contributed by atoms with van der Waals surface area (Å²) in [5.74, 6) is 2.51. The lowest BCUT2D eigenvalue weighted by molar-refractivity contribution is -0.137. The molecule has 2 aliphatic rings. The lowest BCUT2D eigenvalue weighted by Gasteiger charge is -2.34. The van der Waals surface area contributed by atoms with E-state index < -0.39 is 0 Å². The Hall–Kier alpha value is -0.810. The fourth-order valence-electron chi connectivity index (χ4n) is 3.18. The van der Waals surface area contributed by atoms with Crippen LogP contribution in [0.2, 0.25) is 0 Å². The van der Waals surface area contributed by atoms with E-state index in [0.717, 1.165) is 62.6 Å². The number of thioether (sulfide) groups is 1. The van der Waals surface area contributed by atoms with Crippen LogP contribution in [-0.2, 0) is 4.79 Å². The molecule has 0 saturated carbocycles. The Balaban J connectivity index is 1.42. The highest BCUT2D eigenvalue weighted by Gasteiger charge is 2.28. The smallest absolute Gasteiger partial charge is 0.226 e. The first-order valence-electron chi connectivity index (χ1n) is 8.21. The molecule has 0 radical (unpaired) electrons. The van der Waals surface area contributed by atoms with Gasteiger partial charge in [0.1, 0.15) is 4.34 Å². The predicted molar refractivity (Wildman–Crippen MR) is 93.4 cm³/mol. The van der Waals surface area contributed by atoms with Crippen LogP contribution < -0.4 is 0 Å². The molecule has 1 fully saturated rings. The van der Waals surface area contributed by atoms with E-state index in [1.54, 1.807) is 11.3 Å². The summed E-state index contributed by atoms with van der Waals surface area (Å²) >= 11 is 3.62. The monoisotopic (exact) mass is 336 g/mol.